The van der Waals surface area contributed by atoms with Crippen LogP contribution in [0.5, 0.6) is 0 Å². The third kappa shape index (κ3) is 5.09. The second-order valence-corrected chi connectivity index (χ2v) is 8.07. The minimum atomic E-state index is -0.322. The largest absolute Gasteiger partial charge is 0.355 e. The Hall–Kier alpha value is -4.78. The van der Waals surface area contributed by atoms with E-state index in [0.717, 1.165) is 28.3 Å². The molecule has 0 radical (unpaired) electrons. The number of nitrogens with zero attached hydrogens (tertiary/aromatic N) is 2. The van der Waals surface area contributed by atoms with E-state index < -0.39 is 0 Å². The predicted molar refractivity (Wildman–Crippen MR) is 138 cm³/mol. The molecule has 5 rings (SSSR count). The van der Waals surface area contributed by atoms with E-state index in [1.165, 1.54) is 12.1 Å². The number of pyridine rings is 2. The van der Waals surface area contributed by atoms with Crippen molar-refractivity contribution in [2.45, 2.75) is 6.92 Å². The van der Waals surface area contributed by atoms with Crippen LogP contribution in [-0.4, -0.2) is 15.9 Å². The molecule has 3 aromatic carbocycles. The van der Waals surface area contributed by atoms with E-state index in [2.05, 4.69) is 25.9 Å². The molecule has 7 heteroatoms. The van der Waals surface area contributed by atoms with E-state index in [1.807, 2.05) is 55.5 Å². The van der Waals surface area contributed by atoms with Crippen molar-refractivity contribution in [2.75, 3.05) is 16.0 Å². The number of anilines is 5. The Balaban J connectivity index is 1.32. The topological polar surface area (TPSA) is 78.9 Å². The lowest BCUT2D eigenvalue weighted by Crippen LogP contribution is -2.13. The lowest BCUT2D eigenvalue weighted by atomic mass is 10.1. The van der Waals surface area contributed by atoms with Crippen LogP contribution in [0.1, 0.15) is 15.9 Å². The van der Waals surface area contributed by atoms with Crippen LogP contribution in [0.4, 0.5) is 32.8 Å². The molecule has 1 amide bonds. The fraction of sp³-hybridized carbons (Fsp3) is 0.0357. The first-order chi connectivity index (χ1) is 17.0. The van der Waals surface area contributed by atoms with Gasteiger partial charge in [-0.2, -0.15) is 0 Å². The molecular formula is C28H22FN5O. The summed E-state index contributed by atoms with van der Waals surface area (Å²) >= 11 is 0. The average molecular weight is 464 g/mol. The molecule has 5 aromatic rings. The van der Waals surface area contributed by atoms with Gasteiger partial charge >= 0.3 is 0 Å². The number of hydrogen-bond donors (Lipinski definition) is 3. The normalized spacial score (nSPS) is 10.7. The summed E-state index contributed by atoms with van der Waals surface area (Å²) in [6, 6.07) is 23.0. The highest BCUT2D eigenvalue weighted by molar-refractivity contribution is 6.06. The smallest absolute Gasteiger partial charge is 0.255 e. The molecule has 0 spiro atoms. The Labute approximate surface area is 201 Å². The van der Waals surface area contributed by atoms with Crippen LogP contribution in [0, 0.1) is 12.7 Å². The first-order valence-corrected chi connectivity index (χ1v) is 11.1. The van der Waals surface area contributed by atoms with Crippen LogP contribution in [0.15, 0.2) is 97.5 Å². The number of nitrogens with one attached hydrogen (secondary N) is 3. The first kappa shape index (κ1) is 22.0. The maximum absolute atomic E-state index is 13.8. The average Bonchev–Trinajstić information content (AvgIpc) is 2.85. The molecule has 0 saturated heterocycles. The van der Waals surface area contributed by atoms with Crippen molar-refractivity contribution in [1.29, 1.82) is 0 Å². The first-order valence-electron chi connectivity index (χ1n) is 11.1. The van der Waals surface area contributed by atoms with Crippen molar-refractivity contribution in [3.05, 3.63) is 114 Å². The summed E-state index contributed by atoms with van der Waals surface area (Å²) in [4.78, 5) is 21.3. The van der Waals surface area contributed by atoms with Crippen LogP contribution in [0.3, 0.4) is 0 Å². The number of hydrogen-bond acceptors (Lipinski definition) is 5. The third-order valence-corrected chi connectivity index (χ3v) is 5.54. The van der Waals surface area contributed by atoms with Gasteiger partial charge in [0.15, 0.2) is 0 Å². The minimum absolute atomic E-state index is 0.202. The van der Waals surface area contributed by atoms with Gasteiger partial charge in [-0.05, 0) is 85.3 Å². The van der Waals surface area contributed by atoms with E-state index in [-0.39, 0.29) is 11.7 Å². The summed E-state index contributed by atoms with van der Waals surface area (Å²) in [6.07, 6.45) is 5.10. The molecule has 0 aliphatic rings. The van der Waals surface area contributed by atoms with Crippen LogP contribution >= 0.6 is 0 Å². The van der Waals surface area contributed by atoms with E-state index in [1.54, 1.807) is 36.8 Å². The Kier molecular flexibility index (Phi) is 6.05. The molecule has 0 aliphatic carbocycles. The van der Waals surface area contributed by atoms with Gasteiger partial charge < -0.3 is 16.0 Å². The number of rotatable bonds is 6. The van der Waals surface area contributed by atoms with Gasteiger partial charge in [0, 0.05) is 58.0 Å². The van der Waals surface area contributed by atoms with Crippen molar-refractivity contribution in [1.82, 2.24) is 9.97 Å². The molecule has 35 heavy (non-hydrogen) atoms. The molecule has 0 aliphatic heterocycles. The Morgan fingerprint density at radius 2 is 1.57 bits per heavy atom. The lowest BCUT2D eigenvalue weighted by molar-refractivity contribution is 0.102. The van der Waals surface area contributed by atoms with Gasteiger partial charge in [-0.1, -0.05) is 6.07 Å². The molecule has 0 bridgehead atoms. The zero-order chi connectivity index (χ0) is 24.2. The number of benzene rings is 3. The molecule has 3 N–H and O–H groups in total. The summed E-state index contributed by atoms with van der Waals surface area (Å²) in [7, 11) is 0. The monoisotopic (exact) mass is 463 g/mol. The zero-order valence-electron chi connectivity index (χ0n) is 18.9. The standard InChI is InChI=1S/C28H22FN5O/c1-18-15-23(33-27-11-14-31-26-8-5-19(29)16-25(26)27)6-7-24(18)28(35)34-22-4-2-3-21(17-22)32-20-9-12-30-13-10-20/h2-17H,1H3,(H,30,32)(H,31,33)(H,34,35). The Morgan fingerprint density at radius 1 is 0.771 bits per heavy atom. The summed E-state index contributed by atoms with van der Waals surface area (Å²) in [5, 5.41) is 10.2. The number of carbonyl (C=O) groups excluding carboxylic acids is 1. The highest BCUT2D eigenvalue weighted by Gasteiger charge is 2.11. The highest BCUT2D eigenvalue weighted by Crippen LogP contribution is 2.27. The molecular weight excluding hydrogens is 441 g/mol. The number of amides is 1. The van der Waals surface area contributed by atoms with Crippen molar-refractivity contribution >= 4 is 45.2 Å². The van der Waals surface area contributed by atoms with E-state index in [0.29, 0.717) is 22.2 Å². The number of aryl methyl sites for hydroxylation is 1. The number of carbonyl (C=O) groups is 1. The van der Waals surface area contributed by atoms with Crippen molar-refractivity contribution in [3.63, 3.8) is 0 Å². The van der Waals surface area contributed by atoms with Crippen LogP contribution in [-0.2, 0) is 0 Å². The van der Waals surface area contributed by atoms with Crippen molar-refractivity contribution in [3.8, 4) is 0 Å². The number of aromatic nitrogens is 2. The molecule has 0 saturated carbocycles. The van der Waals surface area contributed by atoms with E-state index in [9.17, 15) is 9.18 Å². The van der Waals surface area contributed by atoms with Crippen molar-refractivity contribution in [2.24, 2.45) is 0 Å². The molecule has 2 aromatic heterocycles. The molecule has 0 fully saturated rings. The summed E-state index contributed by atoms with van der Waals surface area (Å²) < 4.78 is 13.8. The lowest BCUT2D eigenvalue weighted by Gasteiger charge is -2.13. The molecule has 172 valence electrons. The van der Waals surface area contributed by atoms with Crippen LogP contribution < -0.4 is 16.0 Å². The van der Waals surface area contributed by atoms with E-state index in [4.69, 9.17) is 0 Å². The summed E-state index contributed by atoms with van der Waals surface area (Å²) in [5.41, 5.74) is 6.05. The minimum Gasteiger partial charge on any atom is -0.355 e. The van der Waals surface area contributed by atoms with Crippen LogP contribution in [0.25, 0.3) is 10.9 Å². The second kappa shape index (κ2) is 9.61. The van der Waals surface area contributed by atoms with Gasteiger partial charge in [0.1, 0.15) is 5.82 Å². The van der Waals surface area contributed by atoms with Crippen LogP contribution in [0.2, 0.25) is 0 Å². The Morgan fingerprint density at radius 3 is 2.40 bits per heavy atom. The maximum atomic E-state index is 13.8. The highest BCUT2D eigenvalue weighted by atomic mass is 19.1. The van der Waals surface area contributed by atoms with Gasteiger partial charge in [-0.25, -0.2) is 4.39 Å². The SMILES string of the molecule is Cc1cc(Nc2ccnc3ccc(F)cc23)ccc1C(=O)Nc1cccc(Nc2ccncc2)c1. The third-order valence-electron chi connectivity index (χ3n) is 5.54. The fourth-order valence-corrected chi connectivity index (χ4v) is 3.85. The number of halogens is 1. The summed E-state index contributed by atoms with van der Waals surface area (Å²) in [6.45, 7) is 1.88. The van der Waals surface area contributed by atoms with Gasteiger partial charge in [-0.3, -0.25) is 14.8 Å². The molecule has 0 atom stereocenters. The van der Waals surface area contributed by atoms with Gasteiger partial charge in [0.2, 0.25) is 0 Å². The Bertz CT molecular complexity index is 1520. The van der Waals surface area contributed by atoms with Gasteiger partial charge in [-0.15, -0.1) is 0 Å². The molecule has 2 heterocycles. The van der Waals surface area contributed by atoms with Gasteiger partial charge in [0.25, 0.3) is 5.91 Å². The maximum Gasteiger partial charge on any atom is 0.255 e. The predicted octanol–water partition coefficient (Wildman–Crippen LogP) is 6.82. The number of fused-ring (bicyclic) bond motifs is 1. The molecule has 6 nitrogen and oxygen atoms in total. The van der Waals surface area contributed by atoms with Crippen molar-refractivity contribution < 1.29 is 9.18 Å². The molecule has 0 unspecified atom stereocenters. The fourth-order valence-electron chi connectivity index (χ4n) is 3.85. The van der Waals surface area contributed by atoms with E-state index >= 15 is 0 Å². The quantitative estimate of drug-likeness (QED) is 0.258. The zero-order valence-corrected chi connectivity index (χ0v) is 18.9. The van der Waals surface area contributed by atoms with Gasteiger partial charge in [0.05, 0.1) is 5.52 Å². The second-order valence-electron chi connectivity index (χ2n) is 8.07. The summed E-state index contributed by atoms with van der Waals surface area (Å²) in [5.74, 6) is -0.525.